The Kier molecular flexibility index (Phi) is 6.90. The highest BCUT2D eigenvalue weighted by atomic mass is 79.9. The van der Waals surface area contributed by atoms with Crippen LogP contribution in [0.2, 0.25) is 0 Å². The summed E-state index contributed by atoms with van der Waals surface area (Å²) in [4.78, 5) is 43.6. The van der Waals surface area contributed by atoms with E-state index in [1.165, 1.54) is 15.9 Å². The van der Waals surface area contributed by atoms with Crippen LogP contribution in [0.15, 0.2) is 49.6 Å². The van der Waals surface area contributed by atoms with E-state index in [-0.39, 0.29) is 43.7 Å². The molecule has 5 rings (SSSR count). The number of rotatable bonds is 10. The molecule has 1 aromatic heterocycles. The molecule has 2 amide bonds. The van der Waals surface area contributed by atoms with Crippen molar-refractivity contribution in [3.8, 4) is 0 Å². The predicted molar refractivity (Wildman–Crippen MR) is 135 cm³/mol. The first-order chi connectivity index (χ1) is 17.9. The van der Waals surface area contributed by atoms with E-state index < -0.39 is 41.5 Å². The number of β-amino-alcohol motifs (C(OH)–C–C–N with tert-alkyl or cyclic N) is 1. The summed E-state index contributed by atoms with van der Waals surface area (Å²) in [6.45, 7) is 7.19. The lowest BCUT2D eigenvalue weighted by Crippen LogP contribution is -2.57. The second-order valence-electron chi connectivity index (χ2n) is 9.41. The summed E-state index contributed by atoms with van der Waals surface area (Å²) < 4.78 is 13.3. The highest BCUT2D eigenvalue weighted by Crippen LogP contribution is 2.60. The first kappa shape index (κ1) is 25.6. The summed E-state index contributed by atoms with van der Waals surface area (Å²) in [6, 6.07) is 6.35. The molecule has 0 saturated carbocycles. The summed E-state index contributed by atoms with van der Waals surface area (Å²) >= 11 is 3.61. The van der Waals surface area contributed by atoms with Gasteiger partial charge in [0, 0.05) is 17.9 Å². The van der Waals surface area contributed by atoms with Crippen LogP contribution in [0.25, 0.3) is 11.0 Å². The number of nitrogens with zero attached hydrogens (tertiary/aromatic N) is 5. The number of alkyl halides is 1. The second-order valence-corrected chi connectivity index (χ2v) is 10.6. The van der Waals surface area contributed by atoms with E-state index in [0.29, 0.717) is 11.9 Å². The van der Waals surface area contributed by atoms with Crippen LogP contribution in [0.5, 0.6) is 0 Å². The van der Waals surface area contributed by atoms with Gasteiger partial charge in [-0.2, -0.15) is 0 Å². The first-order valence-corrected chi connectivity index (χ1v) is 13.0. The molecule has 3 fully saturated rings. The molecule has 0 aliphatic carbocycles. The number of esters is 1. The van der Waals surface area contributed by atoms with Crippen molar-refractivity contribution in [1.82, 2.24) is 24.8 Å². The fourth-order valence-corrected chi connectivity index (χ4v) is 6.94. The number of amides is 2. The van der Waals surface area contributed by atoms with Crippen LogP contribution < -0.4 is 0 Å². The minimum atomic E-state index is -1.25. The minimum Gasteiger partial charge on any atom is -0.461 e. The molecule has 6 atom stereocenters. The largest absolute Gasteiger partial charge is 0.461 e. The zero-order chi connectivity index (χ0) is 26.3. The van der Waals surface area contributed by atoms with Gasteiger partial charge in [0.15, 0.2) is 0 Å². The highest BCUT2D eigenvalue weighted by molar-refractivity contribution is 9.09. The van der Waals surface area contributed by atoms with E-state index >= 15 is 0 Å². The molecule has 196 valence electrons. The fourth-order valence-electron chi connectivity index (χ4n) is 5.99. The van der Waals surface area contributed by atoms with E-state index in [2.05, 4.69) is 39.4 Å². The third kappa shape index (κ3) is 3.98. The predicted octanol–water partition coefficient (Wildman–Crippen LogP) is 0.873. The van der Waals surface area contributed by atoms with Crippen molar-refractivity contribution in [3.05, 3.63) is 49.6 Å². The van der Waals surface area contributed by atoms with Gasteiger partial charge in [0.25, 0.3) is 0 Å². The van der Waals surface area contributed by atoms with Gasteiger partial charge in [0.05, 0.1) is 30.1 Å². The number of aliphatic hydroxyl groups excluding tert-OH is 1. The number of hydrogen-bond acceptors (Lipinski definition) is 8. The Hall–Kier alpha value is -3.09. The zero-order valence-corrected chi connectivity index (χ0v) is 21.7. The number of halogens is 1. The smallest absolute Gasteiger partial charge is 0.312 e. The maximum atomic E-state index is 14.2. The molecule has 2 aromatic rings. The van der Waals surface area contributed by atoms with Crippen molar-refractivity contribution in [2.75, 3.05) is 26.3 Å². The van der Waals surface area contributed by atoms with Crippen LogP contribution >= 0.6 is 15.9 Å². The number of aliphatic hydroxyl groups is 1. The van der Waals surface area contributed by atoms with E-state index in [1.54, 1.807) is 10.8 Å². The molecular formula is C25H28BrN5O6. The van der Waals surface area contributed by atoms with E-state index in [4.69, 9.17) is 9.47 Å². The summed E-state index contributed by atoms with van der Waals surface area (Å²) in [6.07, 6.45) is 2.78. The monoisotopic (exact) mass is 573 g/mol. The topological polar surface area (TPSA) is 127 Å². The van der Waals surface area contributed by atoms with Crippen molar-refractivity contribution < 1.29 is 29.0 Å². The van der Waals surface area contributed by atoms with Gasteiger partial charge in [-0.1, -0.05) is 52.0 Å². The van der Waals surface area contributed by atoms with E-state index in [9.17, 15) is 19.5 Å². The molecule has 12 heteroatoms. The molecule has 2 bridgehead atoms. The average molecular weight is 574 g/mol. The number of likely N-dealkylation sites (tertiary alicyclic amines) is 1. The summed E-state index contributed by atoms with van der Waals surface area (Å²) in [5.74, 6) is -3.13. The SMILES string of the molecule is C=CCOC(=O)[C@H]1[C@H]2C(=O)N(CCO)C(C(=O)N(CC=C)Cn3nnc4ccccc43)C23CC(Br)[C@@H]1O3. The number of carbonyl (C=O) groups excluding carboxylic acids is 3. The number of para-hydroxylation sites is 1. The lowest BCUT2D eigenvalue weighted by atomic mass is 9.70. The molecule has 0 radical (unpaired) electrons. The third-order valence-corrected chi connectivity index (χ3v) is 8.21. The molecule has 11 nitrogen and oxygen atoms in total. The van der Waals surface area contributed by atoms with Crippen molar-refractivity contribution in [2.24, 2.45) is 11.8 Å². The molecule has 37 heavy (non-hydrogen) atoms. The maximum absolute atomic E-state index is 14.2. The molecule has 3 aliphatic rings. The molecule has 1 spiro atoms. The Morgan fingerprint density at radius 2 is 2.11 bits per heavy atom. The Labute approximate surface area is 221 Å². The van der Waals surface area contributed by atoms with E-state index in [0.717, 1.165) is 5.52 Å². The number of carbonyl (C=O) groups is 3. The van der Waals surface area contributed by atoms with Gasteiger partial charge in [-0.15, -0.1) is 11.7 Å². The molecule has 3 unspecified atom stereocenters. The molecule has 3 saturated heterocycles. The number of fused-ring (bicyclic) bond motifs is 2. The molecule has 3 aliphatic heterocycles. The zero-order valence-electron chi connectivity index (χ0n) is 20.1. The molecule has 1 aromatic carbocycles. The van der Waals surface area contributed by atoms with Gasteiger partial charge < -0.3 is 24.4 Å². The van der Waals surface area contributed by atoms with Gasteiger partial charge in [-0.25, -0.2) is 4.68 Å². The van der Waals surface area contributed by atoms with Crippen LogP contribution in [0, 0.1) is 11.8 Å². The van der Waals surface area contributed by atoms with Gasteiger partial charge >= 0.3 is 5.97 Å². The van der Waals surface area contributed by atoms with Crippen molar-refractivity contribution >= 4 is 44.7 Å². The van der Waals surface area contributed by atoms with Crippen molar-refractivity contribution in [3.63, 3.8) is 0 Å². The fraction of sp³-hybridized carbons (Fsp3) is 0.480. The Morgan fingerprint density at radius 3 is 2.84 bits per heavy atom. The summed E-state index contributed by atoms with van der Waals surface area (Å²) in [7, 11) is 0. The Bertz CT molecular complexity index is 1250. The third-order valence-electron chi connectivity index (χ3n) is 7.37. The van der Waals surface area contributed by atoms with Crippen LogP contribution in [0.4, 0.5) is 0 Å². The van der Waals surface area contributed by atoms with E-state index in [1.807, 2.05) is 24.3 Å². The lowest BCUT2D eigenvalue weighted by molar-refractivity contribution is -0.154. The molecular weight excluding hydrogens is 546 g/mol. The van der Waals surface area contributed by atoms with Gasteiger partial charge in [0.2, 0.25) is 11.8 Å². The van der Waals surface area contributed by atoms with Gasteiger partial charge in [-0.3, -0.25) is 14.4 Å². The molecule has 4 heterocycles. The first-order valence-electron chi connectivity index (χ1n) is 12.1. The number of ether oxygens (including phenoxy) is 2. The normalized spacial score (nSPS) is 29.9. The number of aromatic nitrogens is 3. The minimum absolute atomic E-state index is 0.00457. The van der Waals surface area contributed by atoms with Gasteiger partial charge in [-0.05, 0) is 18.6 Å². The quantitative estimate of drug-likeness (QED) is 0.252. The lowest BCUT2D eigenvalue weighted by Gasteiger charge is -2.36. The van der Waals surface area contributed by atoms with Crippen molar-refractivity contribution in [1.29, 1.82) is 0 Å². The van der Waals surface area contributed by atoms with Crippen LogP contribution in [-0.4, -0.2) is 96.6 Å². The average Bonchev–Trinajstić information content (AvgIpc) is 3.60. The number of benzene rings is 1. The Morgan fingerprint density at radius 1 is 1.32 bits per heavy atom. The van der Waals surface area contributed by atoms with Gasteiger partial charge in [0.1, 0.15) is 30.4 Å². The summed E-state index contributed by atoms with van der Waals surface area (Å²) in [5, 5.41) is 18.1. The standard InChI is InChI=1S/C25H28BrN5O6/c1-3-9-29(14-31-17-8-6-5-7-16(17)27-28-31)23(34)21-25-13-15(26)20(37-25)18(24(35)36-12-4-2)19(25)22(33)30(21)10-11-32/h3-8,15,18-21,32H,1-2,9-14H2/t15?,18-,19-,20-,21?,25?/m0/s1. The summed E-state index contributed by atoms with van der Waals surface area (Å²) in [5.41, 5.74) is 0.189. The van der Waals surface area contributed by atoms with Crippen LogP contribution in [0.1, 0.15) is 6.42 Å². The highest BCUT2D eigenvalue weighted by Gasteiger charge is 2.77. The molecule has 1 N–H and O–H groups in total. The Balaban J connectivity index is 1.51. The number of hydrogen-bond donors (Lipinski definition) is 1. The maximum Gasteiger partial charge on any atom is 0.312 e. The second kappa shape index (κ2) is 9.99. The van der Waals surface area contributed by atoms with Crippen LogP contribution in [0.3, 0.4) is 0 Å². The van der Waals surface area contributed by atoms with Crippen LogP contribution in [-0.2, 0) is 30.5 Å². The van der Waals surface area contributed by atoms with Crippen molar-refractivity contribution in [2.45, 2.75) is 35.7 Å².